The standard InChI is InChI=1S/C9H16N2O/c1-7-6-11(8-3-2-4-8)9(12)5-10-7/h7-8,10H,2-6H2,1H3/t7-/m0/s1. The zero-order valence-corrected chi connectivity index (χ0v) is 7.55. The van der Waals surface area contributed by atoms with Gasteiger partial charge in [0.2, 0.25) is 5.91 Å². The fourth-order valence-corrected chi connectivity index (χ4v) is 1.88. The molecule has 1 N–H and O–H groups in total. The number of amides is 1. The van der Waals surface area contributed by atoms with E-state index >= 15 is 0 Å². The van der Waals surface area contributed by atoms with Gasteiger partial charge in [0.15, 0.2) is 0 Å². The Morgan fingerprint density at radius 3 is 2.83 bits per heavy atom. The molecule has 1 aliphatic carbocycles. The van der Waals surface area contributed by atoms with Crippen LogP contribution in [0.5, 0.6) is 0 Å². The van der Waals surface area contributed by atoms with Crippen LogP contribution in [0, 0.1) is 0 Å². The lowest BCUT2D eigenvalue weighted by atomic mass is 9.90. The minimum absolute atomic E-state index is 0.290. The molecular weight excluding hydrogens is 152 g/mol. The summed E-state index contributed by atoms with van der Waals surface area (Å²) in [6.45, 7) is 3.58. The van der Waals surface area contributed by atoms with E-state index in [-0.39, 0.29) is 5.91 Å². The average molecular weight is 168 g/mol. The fourth-order valence-electron chi connectivity index (χ4n) is 1.88. The van der Waals surface area contributed by atoms with Crippen LogP contribution in [0.15, 0.2) is 0 Å². The first kappa shape index (κ1) is 8.05. The van der Waals surface area contributed by atoms with Crippen molar-refractivity contribution in [2.75, 3.05) is 13.1 Å². The first-order valence-electron chi connectivity index (χ1n) is 4.80. The maximum Gasteiger partial charge on any atom is 0.236 e. The maximum atomic E-state index is 11.4. The van der Waals surface area contributed by atoms with Gasteiger partial charge in [0.05, 0.1) is 6.54 Å². The van der Waals surface area contributed by atoms with Crippen molar-refractivity contribution in [2.24, 2.45) is 0 Å². The van der Waals surface area contributed by atoms with Gasteiger partial charge in [-0.1, -0.05) is 0 Å². The molecule has 0 bridgehead atoms. The molecule has 2 fully saturated rings. The van der Waals surface area contributed by atoms with Crippen molar-refractivity contribution in [1.82, 2.24) is 10.2 Å². The van der Waals surface area contributed by atoms with Crippen molar-refractivity contribution in [2.45, 2.75) is 38.3 Å². The highest BCUT2D eigenvalue weighted by molar-refractivity contribution is 5.79. The number of rotatable bonds is 1. The zero-order chi connectivity index (χ0) is 8.55. The Labute approximate surface area is 73.1 Å². The zero-order valence-electron chi connectivity index (χ0n) is 7.55. The summed E-state index contributed by atoms with van der Waals surface area (Å²) in [4.78, 5) is 13.5. The molecule has 1 amide bonds. The molecule has 1 saturated carbocycles. The largest absolute Gasteiger partial charge is 0.337 e. The Kier molecular flexibility index (Phi) is 2.05. The molecule has 0 aromatic carbocycles. The van der Waals surface area contributed by atoms with E-state index in [0.29, 0.717) is 18.6 Å². The summed E-state index contributed by atoms with van der Waals surface area (Å²) < 4.78 is 0. The minimum atomic E-state index is 0.290. The monoisotopic (exact) mass is 168 g/mol. The van der Waals surface area contributed by atoms with E-state index in [4.69, 9.17) is 0 Å². The predicted octanol–water partition coefficient (Wildman–Crippen LogP) is 0.359. The van der Waals surface area contributed by atoms with E-state index < -0.39 is 0 Å². The summed E-state index contributed by atoms with van der Waals surface area (Å²) in [5, 5.41) is 3.17. The molecule has 2 aliphatic rings. The molecule has 0 unspecified atom stereocenters. The van der Waals surface area contributed by atoms with Crippen LogP contribution in [0.4, 0.5) is 0 Å². The summed E-state index contributed by atoms with van der Waals surface area (Å²) in [7, 11) is 0. The molecule has 68 valence electrons. The maximum absolute atomic E-state index is 11.4. The highest BCUT2D eigenvalue weighted by Gasteiger charge is 2.31. The van der Waals surface area contributed by atoms with Gasteiger partial charge in [0.1, 0.15) is 0 Å². The molecule has 0 radical (unpaired) electrons. The third kappa shape index (κ3) is 1.33. The normalized spacial score (nSPS) is 31.9. The van der Waals surface area contributed by atoms with Gasteiger partial charge in [-0.05, 0) is 26.2 Å². The summed E-state index contributed by atoms with van der Waals surface area (Å²) in [6.07, 6.45) is 3.74. The molecule has 1 heterocycles. The SMILES string of the molecule is C[C@H]1CN(C2CCC2)C(=O)CN1. The van der Waals surface area contributed by atoms with Gasteiger partial charge in [0.25, 0.3) is 0 Å². The van der Waals surface area contributed by atoms with E-state index in [2.05, 4.69) is 17.1 Å². The van der Waals surface area contributed by atoms with Crippen LogP contribution in [-0.4, -0.2) is 36.0 Å². The Morgan fingerprint density at radius 2 is 2.25 bits per heavy atom. The van der Waals surface area contributed by atoms with Crippen LogP contribution in [0.1, 0.15) is 26.2 Å². The van der Waals surface area contributed by atoms with E-state index in [9.17, 15) is 4.79 Å². The van der Waals surface area contributed by atoms with Crippen molar-refractivity contribution >= 4 is 5.91 Å². The van der Waals surface area contributed by atoms with Gasteiger partial charge < -0.3 is 10.2 Å². The number of piperazine rings is 1. The molecule has 3 heteroatoms. The molecule has 1 atom stereocenters. The number of nitrogens with one attached hydrogen (secondary N) is 1. The van der Waals surface area contributed by atoms with Gasteiger partial charge in [-0.25, -0.2) is 0 Å². The van der Waals surface area contributed by atoms with Gasteiger partial charge >= 0.3 is 0 Å². The van der Waals surface area contributed by atoms with Crippen LogP contribution >= 0.6 is 0 Å². The lowest BCUT2D eigenvalue weighted by Gasteiger charge is -2.42. The molecule has 1 saturated heterocycles. The van der Waals surface area contributed by atoms with E-state index in [1.807, 2.05) is 0 Å². The first-order chi connectivity index (χ1) is 5.77. The van der Waals surface area contributed by atoms with Crippen LogP contribution in [0.3, 0.4) is 0 Å². The molecule has 0 spiro atoms. The highest BCUT2D eigenvalue weighted by atomic mass is 16.2. The van der Waals surface area contributed by atoms with E-state index in [1.54, 1.807) is 0 Å². The minimum Gasteiger partial charge on any atom is -0.337 e. The smallest absolute Gasteiger partial charge is 0.236 e. The van der Waals surface area contributed by atoms with Gasteiger partial charge in [-0.2, -0.15) is 0 Å². The molecule has 1 aliphatic heterocycles. The second-order valence-corrected chi connectivity index (χ2v) is 3.91. The van der Waals surface area contributed by atoms with Crippen LogP contribution in [-0.2, 0) is 4.79 Å². The van der Waals surface area contributed by atoms with Crippen molar-refractivity contribution in [1.29, 1.82) is 0 Å². The summed E-state index contributed by atoms with van der Waals surface area (Å²) in [5.74, 6) is 0.290. The molecule has 2 rings (SSSR count). The first-order valence-corrected chi connectivity index (χ1v) is 4.80. The Morgan fingerprint density at radius 1 is 1.50 bits per heavy atom. The molecule has 3 nitrogen and oxygen atoms in total. The van der Waals surface area contributed by atoms with Gasteiger partial charge in [-0.3, -0.25) is 4.79 Å². The molecule has 0 aromatic heterocycles. The average Bonchev–Trinajstić information content (AvgIpc) is 1.93. The third-order valence-corrected chi connectivity index (χ3v) is 2.91. The fraction of sp³-hybridized carbons (Fsp3) is 0.889. The van der Waals surface area contributed by atoms with Gasteiger partial charge in [0, 0.05) is 18.6 Å². The number of hydrogen-bond acceptors (Lipinski definition) is 2. The molecule has 0 aromatic rings. The quantitative estimate of drug-likeness (QED) is 0.613. The number of nitrogens with zero attached hydrogens (tertiary/aromatic N) is 1. The number of carbonyl (C=O) groups is 1. The third-order valence-electron chi connectivity index (χ3n) is 2.91. The van der Waals surface area contributed by atoms with Crippen molar-refractivity contribution < 1.29 is 4.79 Å². The second kappa shape index (κ2) is 3.05. The number of hydrogen-bond donors (Lipinski definition) is 1. The lowest BCUT2D eigenvalue weighted by Crippen LogP contribution is -2.57. The summed E-state index contributed by atoms with van der Waals surface area (Å²) in [6, 6.07) is 1.05. The van der Waals surface area contributed by atoms with E-state index in [0.717, 1.165) is 6.54 Å². The molecule has 12 heavy (non-hydrogen) atoms. The Balaban J connectivity index is 1.96. The molecular formula is C9H16N2O. The lowest BCUT2D eigenvalue weighted by molar-refractivity contribution is -0.137. The van der Waals surface area contributed by atoms with E-state index in [1.165, 1.54) is 19.3 Å². The highest BCUT2D eigenvalue weighted by Crippen LogP contribution is 2.25. The predicted molar refractivity (Wildman–Crippen MR) is 46.8 cm³/mol. The summed E-state index contributed by atoms with van der Waals surface area (Å²) in [5.41, 5.74) is 0. The Bertz CT molecular complexity index is 189. The van der Waals surface area contributed by atoms with Crippen LogP contribution < -0.4 is 5.32 Å². The Hall–Kier alpha value is -0.570. The topological polar surface area (TPSA) is 32.3 Å². The van der Waals surface area contributed by atoms with Crippen LogP contribution in [0.2, 0.25) is 0 Å². The van der Waals surface area contributed by atoms with Crippen molar-refractivity contribution in [3.8, 4) is 0 Å². The number of carbonyl (C=O) groups excluding carboxylic acids is 1. The van der Waals surface area contributed by atoms with Crippen molar-refractivity contribution in [3.63, 3.8) is 0 Å². The van der Waals surface area contributed by atoms with Crippen molar-refractivity contribution in [3.05, 3.63) is 0 Å². The summed E-state index contributed by atoms with van der Waals surface area (Å²) >= 11 is 0. The van der Waals surface area contributed by atoms with Gasteiger partial charge in [-0.15, -0.1) is 0 Å². The second-order valence-electron chi connectivity index (χ2n) is 3.91. The van der Waals surface area contributed by atoms with Crippen LogP contribution in [0.25, 0.3) is 0 Å².